The Hall–Kier alpha value is -0.0800. The van der Waals surface area contributed by atoms with Crippen molar-refractivity contribution in [3.8, 4) is 0 Å². The Kier molecular flexibility index (Phi) is 2.09. The van der Waals surface area contributed by atoms with E-state index < -0.39 is 0 Å². The maximum absolute atomic E-state index is 9.26. The molecule has 0 amide bonds. The third-order valence-electron chi connectivity index (χ3n) is 2.25. The fourth-order valence-corrected chi connectivity index (χ4v) is 1.43. The lowest BCUT2D eigenvalue weighted by atomic mass is 10.2. The van der Waals surface area contributed by atoms with Gasteiger partial charge in [0.25, 0.3) is 0 Å². The fraction of sp³-hybridized carbons (Fsp3) is 1.00. The number of hydrogen-bond acceptors (Lipinski definition) is 2. The number of likely N-dealkylation sites (N-methyl/N-ethyl adjacent to an activating group) is 1. The maximum Gasteiger partial charge on any atom is 0.0704 e. The van der Waals surface area contributed by atoms with Gasteiger partial charge in [0.1, 0.15) is 0 Å². The molecule has 0 bridgehead atoms. The van der Waals surface area contributed by atoms with Crippen molar-refractivity contribution in [2.24, 2.45) is 0 Å². The van der Waals surface area contributed by atoms with E-state index in [1.54, 1.807) is 0 Å². The van der Waals surface area contributed by atoms with E-state index in [9.17, 15) is 5.11 Å². The largest absolute Gasteiger partial charge is 0.391 e. The van der Waals surface area contributed by atoms with E-state index in [4.69, 9.17) is 0 Å². The van der Waals surface area contributed by atoms with Crippen LogP contribution in [0.15, 0.2) is 0 Å². The van der Waals surface area contributed by atoms with Crippen molar-refractivity contribution in [2.75, 3.05) is 13.1 Å². The first-order valence-electron chi connectivity index (χ1n) is 3.67. The van der Waals surface area contributed by atoms with Crippen LogP contribution >= 0.6 is 0 Å². The van der Waals surface area contributed by atoms with Gasteiger partial charge >= 0.3 is 0 Å². The first kappa shape index (κ1) is 7.03. The first-order valence-corrected chi connectivity index (χ1v) is 3.67. The molecule has 1 rings (SSSR count). The van der Waals surface area contributed by atoms with Crippen LogP contribution in [0.3, 0.4) is 0 Å². The molecule has 2 nitrogen and oxygen atoms in total. The molecule has 0 aromatic heterocycles. The Morgan fingerprint density at radius 1 is 1.67 bits per heavy atom. The predicted octanol–water partition coefficient (Wildman–Crippen LogP) is 0.461. The molecule has 0 aliphatic carbocycles. The van der Waals surface area contributed by atoms with Crippen LogP contribution < -0.4 is 0 Å². The summed E-state index contributed by atoms with van der Waals surface area (Å²) in [4.78, 5) is 2.30. The molecule has 1 heterocycles. The highest BCUT2D eigenvalue weighted by molar-refractivity contribution is 4.82. The lowest BCUT2D eigenvalue weighted by Crippen LogP contribution is -2.31. The zero-order chi connectivity index (χ0) is 6.85. The minimum atomic E-state index is -0.0788. The van der Waals surface area contributed by atoms with Gasteiger partial charge in [0, 0.05) is 12.6 Å². The van der Waals surface area contributed by atoms with E-state index in [1.807, 2.05) is 0 Å². The summed E-state index contributed by atoms with van der Waals surface area (Å²) in [5.41, 5.74) is 0. The van der Waals surface area contributed by atoms with Gasteiger partial charge < -0.3 is 5.11 Å². The molecule has 0 spiro atoms. The second-order valence-electron chi connectivity index (χ2n) is 2.73. The van der Waals surface area contributed by atoms with E-state index >= 15 is 0 Å². The molecule has 0 saturated carbocycles. The molecule has 1 aliphatic heterocycles. The molecule has 54 valence electrons. The Morgan fingerprint density at radius 3 is 2.56 bits per heavy atom. The fourth-order valence-electron chi connectivity index (χ4n) is 1.43. The van der Waals surface area contributed by atoms with Crippen LogP contribution in [0.2, 0.25) is 0 Å². The first-order chi connectivity index (χ1) is 4.25. The summed E-state index contributed by atoms with van der Waals surface area (Å²) in [5, 5.41) is 9.26. The van der Waals surface area contributed by atoms with Gasteiger partial charge in [0.05, 0.1) is 6.10 Å². The lowest BCUT2D eigenvalue weighted by Gasteiger charge is -2.19. The second-order valence-corrected chi connectivity index (χ2v) is 2.73. The van der Waals surface area contributed by atoms with Crippen LogP contribution in [0, 0.1) is 0 Å². The van der Waals surface area contributed by atoms with E-state index in [-0.39, 0.29) is 6.10 Å². The van der Waals surface area contributed by atoms with Gasteiger partial charge in [-0.1, -0.05) is 6.92 Å². The monoisotopic (exact) mass is 129 g/mol. The van der Waals surface area contributed by atoms with E-state index in [1.165, 1.54) is 0 Å². The van der Waals surface area contributed by atoms with E-state index in [0.29, 0.717) is 6.04 Å². The van der Waals surface area contributed by atoms with Crippen molar-refractivity contribution in [3.05, 3.63) is 0 Å². The van der Waals surface area contributed by atoms with E-state index in [0.717, 1.165) is 19.5 Å². The second kappa shape index (κ2) is 2.67. The zero-order valence-corrected chi connectivity index (χ0v) is 6.17. The van der Waals surface area contributed by atoms with Gasteiger partial charge in [-0.25, -0.2) is 0 Å². The summed E-state index contributed by atoms with van der Waals surface area (Å²) in [6.45, 7) is 6.35. The SMILES string of the molecule is CCN1CC[C@@H](O)[C@H]1C. The molecule has 0 aromatic carbocycles. The topological polar surface area (TPSA) is 23.5 Å². The minimum Gasteiger partial charge on any atom is -0.391 e. The third-order valence-corrected chi connectivity index (χ3v) is 2.25. The molecule has 2 atom stereocenters. The van der Waals surface area contributed by atoms with Crippen molar-refractivity contribution < 1.29 is 5.11 Å². The average Bonchev–Trinajstić information content (AvgIpc) is 2.15. The Labute approximate surface area is 56.5 Å². The van der Waals surface area contributed by atoms with Gasteiger partial charge in [-0.3, -0.25) is 4.90 Å². The van der Waals surface area contributed by atoms with Gasteiger partial charge in [-0.05, 0) is 19.9 Å². The molecule has 2 heteroatoms. The van der Waals surface area contributed by atoms with Crippen LogP contribution in [0.4, 0.5) is 0 Å². The highest BCUT2D eigenvalue weighted by atomic mass is 16.3. The van der Waals surface area contributed by atoms with Gasteiger partial charge in [-0.2, -0.15) is 0 Å². The van der Waals surface area contributed by atoms with Crippen molar-refractivity contribution in [1.29, 1.82) is 0 Å². The quantitative estimate of drug-likeness (QED) is 0.556. The van der Waals surface area contributed by atoms with Gasteiger partial charge in [0.2, 0.25) is 0 Å². The van der Waals surface area contributed by atoms with Crippen LogP contribution in [-0.4, -0.2) is 35.2 Å². The number of nitrogens with zero attached hydrogens (tertiary/aromatic N) is 1. The highest BCUT2D eigenvalue weighted by Crippen LogP contribution is 2.15. The molecule has 1 saturated heterocycles. The summed E-state index contributed by atoms with van der Waals surface area (Å²) in [5.74, 6) is 0. The summed E-state index contributed by atoms with van der Waals surface area (Å²) in [6, 6.07) is 0.384. The van der Waals surface area contributed by atoms with Crippen LogP contribution in [0.5, 0.6) is 0 Å². The van der Waals surface area contributed by atoms with Crippen LogP contribution in [0.25, 0.3) is 0 Å². The molecule has 0 radical (unpaired) electrons. The summed E-state index contributed by atoms with van der Waals surface area (Å²) in [6.07, 6.45) is 0.875. The van der Waals surface area contributed by atoms with Crippen molar-refractivity contribution >= 4 is 0 Å². The van der Waals surface area contributed by atoms with Crippen molar-refractivity contribution in [3.63, 3.8) is 0 Å². The minimum absolute atomic E-state index is 0.0788. The van der Waals surface area contributed by atoms with Crippen molar-refractivity contribution in [1.82, 2.24) is 4.90 Å². The van der Waals surface area contributed by atoms with Crippen LogP contribution in [-0.2, 0) is 0 Å². The number of aliphatic hydroxyl groups is 1. The molecule has 9 heavy (non-hydrogen) atoms. The average molecular weight is 129 g/mol. The summed E-state index contributed by atoms with van der Waals surface area (Å²) in [7, 11) is 0. The number of aliphatic hydroxyl groups excluding tert-OH is 1. The third kappa shape index (κ3) is 1.25. The standard InChI is InChI=1S/C7H15NO/c1-3-8-5-4-7(9)6(8)2/h6-7,9H,3-5H2,1-2H3/t6-,7-/m1/s1. The summed E-state index contributed by atoms with van der Waals surface area (Å²) < 4.78 is 0. The highest BCUT2D eigenvalue weighted by Gasteiger charge is 2.26. The summed E-state index contributed by atoms with van der Waals surface area (Å²) >= 11 is 0. The molecular weight excluding hydrogens is 114 g/mol. The van der Waals surface area contributed by atoms with E-state index in [2.05, 4.69) is 18.7 Å². The Balaban J connectivity index is 2.41. The Morgan fingerprint density at radius 2 is 2.33 bits per heavy atom. The smallest absolute Gasteiger partial charge is 0.0704 e. The molecule has 1 N–H and O–H groups in total. The molecule has 0 unspecified atom stereocenters. The van der Waals surface area contributed by atoms with Crippen LogP contribution in [0.1, 0.15) is 20.3 Å². The van der Waals surface area contributed by atoms with Gasteiger partial charge in [0.15, 0.2) is 0 Å². The number of likely N-dealkylation sites (tertiary alicyclic amines) is 1. The molecular formula is C7H15NO. The van der Waals surface area contributed by atoms with Crippen molar-refractivity contribution in [2.45, 2.75) is 32.4 Å². The normalized spacial score (nSPS) is 37.7. The molecule has 1 aliphatic rings. The number of rotatable bonds is 1. The Bertz CT molecular complexity index is 94.9. The maximum atomic E-state index is 9.26. The number of hydrogen-bond donors (Lipinski definition) is 1. The molecule has 0 aromatic rings. The van der Waals surface area contributed by atoms with Gasteiger partial charge in [-0.15, -0.1) is 0 Å². The predicted molar refractivity (Wildman–Crippen MR) is 37.3 cm³/mol. The zero-order valence-electron chi connectivity index (χ0n) is 6.17. The molecule has 1 fully saturated rings. The lowest BCUT2D eigenvalue weighted by molar-refractivity contribution is 0.129.